The third-order valence-corrected chi connectivity index (χ3v) is 12.9. The van der Waals surface area contributed by atoms with E-state index >= 15 is 0 Å². The zero-order valence-corrected chi connectivity index (χ0v) is 22.0. The van der Waals surface area contributed by atoms with Crippen LogP contribution >= 0.6 is 0 Å². The molecule has 5 aliphatic carbocycles. The topological polar surface area (TPSA) is 40.5 Å². The van der Waals surface area contributed by atoms with Crippen LogP contribution in [0, 0.1) is 50.7 Å². The molecule has 0 bridgehead atoms. The molecule has 0 saturated heterocycles. The molecule has 4 fully saturated rings. The Balaban J connectivity index is 1.50. The van der Waals surface area contributed by atoms with Gasteiger partial charge in [-0.2, -0.15) is 0 Å². The molecule has 2 N–H and O–H groups in total. The summed E-state index contributed by atoms with van der Waals surface area (Å²) in [4.78, 5) is 0. The summed E-state index contributed by atoms with van der Waals surface area (Å²) in [5.41, 5.74) is 2.91. The van der Waals surface area contributed by atoms with Crippen LogP contribution in [0.3, 0.4) is 0 Å². The minimum Gasteiger partial charge on any atom is -0.393 e. The lowest BCUT2D eigenvalue weighted by Gasteiger charge is -2.63. The minimum atomic E-state index is -0.156. The lowest BCUT2D eigenvalue weighted by atomic mass is 9.42. The summed E-state index contributed by atoms with van der Waals surface area (Å²) >= 11 is 0. The lowest BCUT2D eigenvalue weighted by Crippen LogP contribution is -2.58. The van der Waals surface area contributed by atoms with E-state index in [1.165, 1.54) is 44.9 Å². The first-order valence-electron chi connectivity index (χ1n) is 13.8. The van der Waals surface area contributed by atoms with E-state index in [-0.39, 0.29) is 23.0 Å². The van der Waals surface area contributed by atoms with Gasteiger partial charge in [0, 0.05) is 0 Å². The molecule has 182 valence electrons. The summed E-state index contributed by atoms with van der Waals surface area (Å²) in [5, 5.41) is 21.7. The molecule has 0 heterocycles. The van der Waals surface area contributed by atoms with Gasteiger partial charge in [0.2, 0.25) is 0 Å². The molecule has 0 aromatic heterocycles. The second kappa shape index (κ2) is 7.09. The van der Waals surface area contributed by atoms with Crippen LogP contribution in [-0.2, 0) is 0 Å². The molecular formula is C30H50O2. The molecule has 5 aliphatic rings. The fraction of sp³-hybridized carbons (Fsp3) is 0.933. The summed E-state index contributed by atoms with van der Waals surface area (Å²) in [5.74, 6) is 2.68. The van der Waals surface area contributed by atoms with Gasteiger partial charge in [0.25, 0.3) is 0 Å². The normalized spacial score (nSPS) is 54.2. The Morgan fingerprint density at radius 1 is 0.656 bits per heavy atom. The SMILES string of the molecule is CC1(C)[C@H](O)CC[C@]2(C)[C@@H]1CC[C@]1(C)CC3=CC[C@@H]4C(C)(C)[C@@H](O)CC[C@@]4(C)[C@@H]3CC[C@H]12. The van der Waals surface area contributed by atoms with Gasteiger partial charge in [-0.15, -0.1) is 0 Å². The molecule has 5 rings (SSSR count). The maximum Gasteiger partial charge on any atom is 0.0594 e. The van der Waals surface area contributed by atoms with Crippen LogP contribution in [0.5, 0.6) is 0 Å². The average molecular weight is 443 g/mol. The maximum atomic E-state index is 10.9. The van der Waals surface area contributed by atoms with Crippen molar-refractivity contribution in [3.63, 3.8) is 0 Å². The van der Waals surface area contributed by atoms with E-state index in [2.05, 4.69) is 54.5 Å². The first-order valence-corrected chi connectivity index (χ1v) is 13.8. The molecule has 2 nitrogen and oxygen atoms in total. The van der Waals surface area contributed by atoms with Gasteiger partial charge >= 0.3 is 0 Å². The van der Waals surface area contributed by atoms with Gasteiger partial charge < -0.3 is 10.2 Å². The molecule has 0 unspecified atom stereocenters. The third kappa shape index (κ3) is 2.96. The molecule has 32 heavy (non-hydrogen) atoms. The van der Waals surface area contributed by atoms with Crippen LogP contribution in [0.2, 0.25) is 0 Å². The van der Waals surface area contributed by atoms with Gasteiger partial charge in [-0.3, -0.25) is 0 Å². The van der Waals surface area contributed by atoms with Crippen molar-refractivity contribution < 1.29 is 10.2 Å². The van der Waals surface area contributed by atoms with Gasteiger partial charge in [0.05, 0.1) is 12.2 Å². The van der Waals surface area contributed by atoms with Crippen molar-refractivity contribution in [3.8, 4) is 0 Å². The summed E-state index contributed by atoms with van der Waals surface area (Å²) in [7, 11) is 0. The second-order valence-corrected chi connectivity index (χ2v) is 14.9. The Kier molecular flexibility index (Phi) is 5.19. The van der Waals surface area contributed by atoms with Crippen molar-refractivity contribution in [2.75, 3.05) is 0 Å². The van der Waals surface area contributed by atoms with Crippen molar-refractivity contribution in [1.82, 2.24) is 0 Å². The quantitative estimate of drug-likeness (QED) is 0.391. The number of aliphatic hydroxyl groups is 2. The molecule has 2 heteroatoms. The van der Waals surface area contributed by atoms with E-state index in [9.17, 15) is 10.2 Å². The lowest BCUT2D eigenvalue weighted by molar-refractivity contribution is -0.170. The standard InChI is InChI=1S/C30H50O2/c1-26(2)21-10-8-19-18-28(5)15-12-22-27(3,4)25(32)14-17-30(22,7)23(28)11-9-20(19)29(21,6)16-13-24(26)31/h8,20-25,31-32H,9-18H2,1-7H3/t20-,21-,22-,23-,24+,25-,28-,29+,30-/m1/s1. The summed E-state index contributed by atoms with van der Waals surface area (Å²) < 4.78 is 0. The molecule has 0 aromatic carbocycles. The number of aliphatic hydroxyl groups excluding tert-OH is 2. The number of hydrogen-bond donors (Lipinski definition) is 2. The van der Waals surface area contributed by atoms with Gasteiger partial charge in [0.15, 0.2) is 0 Å². The van der Waals surface area contributed by atoms with Crippen LogP contribution in [0.15, 0.2) is 11.6 Å². The van der Waals surface area contributed by atoms with Crippen LogP contribution in [0.4, 0.5) is 0 Å². The van der Waals surface area contributed by atoms with Crippen LogP contribution < -0.4 is 0 Å². The van der Waals surface area contributed by atoms with Gasteiger partial charge in [-0.25, -0.2) is 0 Å². The van der Waals surface area contributed by atoms with Crippen LogP contribution in [-0.4, -0.2) is 22.4 Å². The molecule has 9 atom stereocenters. The van der Waals surface area contributed by atoms with E-state index in [1.807, 2.05) is 0 Å². The first-order chi connectivity index (χ1) is 14.8. The number of allylic oxidation sites excluding steroid dienone is 2. The molecule has 0 amide bonds. The first kappa shape index (κ1) is 23.4. The van der Waals surface area contributed by atoms with E-state index in [4.69, 9.17) is 0 Å². The number of fused-ring (bicyclic) bond motifs is 6. The largest absolute Gasteiger partial charge is 0.393 e. The van der Waals surface area contributed by atoms with E-state index in [0.29, 0.717) is 34.0 Å². The Labute approximate surface area is 197 Å². The van der Waals surface area contributed by atoms with Crippen molar-refractivity contribution in [3.05, 3.63) is 11.6 Å². The van der Waals surface area contributed by atoms with Crippen LogP contribution in [0.1, 0.15) is 113 Å². The Hall–Kier alpha value is -0.340. The third-order valence-electron chi connectivity index (χ3n) is 12.9. The highest BCUT2D eigenvalue weighted by molar-refractivity contribution is 5.25. The van der Waals surface area contributed by atoms with Crippen molar-refractivity contribution >= 4 is 0 Å². The van der Waals surface area contributed by atoms with E-state index in [1.54, 1.807) is 5.57 Å². The average Bonchev–Trinajstić information content (AvgIpc) is 2.86. The zero-order chi connectivity index (χ0) is 23.3. The maximum absolute atomic E-state index is 10.9. The van der Waals surface area contributed by atoms with Gasteiger partial charge in [0.1, 0.15) is 0 Å². The Morgan fingerprint density at radius 3 is 1.91 bits per heavy atom. The summed E-state index contributed by atoms with van der Waals surface area (Å²) in [6.45, 7) is 17.2. The summed E-state index contributed by atoms with van der Waals surface area (Å²) in [6.07, 6.45) is 14.4. The molecule has 0 aliphatic heterocycles. The van der Waals surface area contributed by atoms with Gasteiger partial charge in [-0.05, 0) is 115 Å². The monoisotopic (exact) mass is 442 g/mol. The highest BCUT2D eigenvalue weighted by Gasteiger charge is 2.63. The Bertz CT molecular complexity index is 795. The van der Waals surface area contributed by atoms with Crippen LogP contribution in [0.25, 0.3) is 0 Å². The molecule has 0 radical (unpaired) electrons. The predicted octanol–water partition coefficient (Wildman–Crippen LogP) is 7.14. The van der Waals surface area contributed by atoms with E-state index < -0.39 is 0 Å². The molecule has 0 aromatic rings. The predicted molar refractivity (Wildman–Crippen MR) is 132 cm³/mol. The van der Waals surface area contributed by atoms with Crippen molar-refractivity contribution in [2.45, 2.75) is 125 Å². The molecular weight excluding hydrogens is 392 g/mol. The highest BCUT2D eigenvalue weighted by atomic mass is 16.3. The van der Waals surface area contributed by atoms with Gasteiger partial charge in [-0.1, -0.05) is 60.1 Å². The fourth-order valence-corrected chi connectivity index (χ4v) is 10.9. The zero-order valence-electron chi connectivity index (χ0n) is 22.0. The Morgan fingerprint density at radius 2 is 1.25 bits per heavy atom. The fourth-order valence-electron chi connectivity index (χ4n) is 10.9. The minimum absolute atomic E-state index is 0.0125. The highest BCUT2D eigenvalue weighted by Crippen LogP contribution is 2.70. The van der Waals surface area contributed by atoms with E-state index in [0.717, 1.165) is 25.2 Å². The summed E-state index contributed by atoms with van der Waals surface area (Å²) in [6, 6.07) is 0. The number of hydrogen-bond acceptors (Lipinski definition) is 2. The smallest absolute Gasteiger partial charge is 0.0594 e. The number of rotatable bonds is 0. The molecule has 0 spiro atoms. The molecule has 4 saturated carbocycles. The second-order valence-electron chi connectivity index (χ2n) is 14.9. The van der Waals surface area contributed by atoms with Crippen molar-refractivity contribution in [1.29, 1.82) is 0 Å². The van der Waals surface area contributed by atoms with Crippen molar-refractivity contribution in [2.24, 2.45) is 50.7 Å².